The lowest BCUT2D eigenvalue weighted by atomic mass is 9.95. The lowest BCUT2D eigenvalue weighted by Gasteiger charge is -2.35. The Kier molecular flexibility index (Phi) is 5.32. The number of nitrogens with one attached hydrogen (secondary N) is 1. The molecule has 3 aromatic carbocycles. The van der Waals surface area contributed by atoms with Gasteiger partial charge in [0.2, 0.25) is 15.9 Å². The van der Waals surface area contributed by atoms with E-state index in [1.165, 1.54) is 16.4 Å². The van der Waals surface area contributed by atoms with Gasteiger partial charge in [-0.1, -0.05) is 42.0 Å². The molecule has 7 heteroatoms. The molecule has 0 unspecified atom stereocenters. The monoisotopic (exact) mass is 422 g/mol. The van der Waals surface area contributed by atoms with Gasteiger partial charge in [-0.25, -0.2) is 8.42 Å². The standard InChI is InChI=1S/C23H22N2O4S/c1-16-6-12-21(13-7-16)30(28,29)25-15-18-5-3-2-4-17(18)14-22(25)23(27)24-19-8-10-20(26)11-9-19/h2-13,22,26H,14-15H2,1H3,(H,24,27)/t22-/m0/s1. The zero-order chi connectivity index (χ0) is 21.3. The Balaban J connectivity index is 1.70. The van der Waals surface area contributed by atoms with Crippen molar-refractivity contribution in [1.82, 2.24) is 4.31 Å². The van der Waals surface area contributed by atoms with Crippen LogP contribution in [0.3, 0.4) is 0 Å². The number of fused-ring (bicyclic) bond motifs is 1. The second-order valence-corrected chi connectivity index (χ2v) is 9.28. The number of anilines is 1. The molecule has 0 fully saturated rings. The summed E-state index contributed by atoms with van der Waals surface area (Å²) in [7, 11) is -3.88. The lowest BCUT2D eigenvalue weighted by Crippen LogP contribution is -2.50. The van der Waals surface area contributed by atoms with Crippen molar-refractivity contribution in [3.05, 3.63) is 89.5 Å². The van der Waals surface area contributed by atoms with Gasteiger partial charge in [0, 0.05) is 12.2 Å². The molecule has 0 saturated carbocycles. The summed E-state index contributed by atoms with van der Waals surface area (Å²) in [5, 5.41) is 12.2. The zero-order valence-electron chi connectivity index (χ0n) is 16.4. The highest BCUT2D eigenvalue weighted by atomic mass is 32.2. The molecule has 4 rings (SSSR count). The van der Waals surface area contributed by atoms with Gasteiger partial charge < -0.3 is 10.4 Å². The van der Waals surface area contributed by atoms with Crippen LogP contribution in [-0.2, 0) is 27.8 Å². The highest BCUT2D eigenvalue weighted by Gasteiger charge is 2.39. The third-order valence-corrected chi connectivity index (χ3v) is 7.14. The van der Waals surface area contributed by atoms with E-state index in [4.69, 9.17) is 0 Å². The Bertz CT molecular complexity index is 1170. The van der Waals surface area contributed by atoms with Crippen molar-refractivity contribution in [2.45, 2.75) is 30.8 Å². The molecule has 3 aromatic rings. The number of phenols is 1. The average molecular weight is 423 g/mol. The van der Waals surface area contributed by atoms with Crippen molar-refractivity contribution in [1.29, 1.82) is 0 Å². The van der Waals surface area contributed by atoms with E-state index in [1.807, 2.05) is 31.2 Å². The van der Waals surface area contributed by atoms with Crippen molar-refractivity contribution in [2.75, 3.05) is 5.32 Å². The summed E-state index contributed by atoms with van der Waals surface area (Å²) >= 11 is 0. The SMILES string of the molecule is Cc1ccc(S(=O)(=O)N2Cc3ccccc3C[C@H]2C(=O)Nc2ccc(O)cc2)cc1. The fraction of sp³-hybridized carbons (Fsp3) is 0.174. The summed E-state index contributed by atoms with van der Waals surface area (Å²) in [6.45, 7) is 2.02. The second-order valence-electron chi connectivity index (χ2n) is 7.39. The Morgan fingerprint density at radius 1 is 0.967 bits per heavy atom. The molecule has 1 aliphatic rings. The summed E-state index contributed by atoms with van der Waals surface area (Å²) < 4.78 is 28.1. The zero-order valence-corrected chi connectivity index (χ0v) is 17.3. The molecular formula is C23H22N2O4S. The van der Waals surface area contributed by atoms with Crippen LogP contribution < -0.4 is 5.32 Å². The number of aromatic hydroxyl groups is 1. The molecular weight excluding hydrogens is 400 g/mol. The van der Waals surface area contributed by atoms with Gasteiger partial charge in [0.25, 0.3) is 0 Å². The van der Waals surface area contributed by atoms with E-state index in [0.29, 0.717) is 5.69 Å². The first kappa shape index (κ1) is 20.1. The molecule has 0 radical (unpaired) electrons. The summed E-state index contributed by atoms with van der Waals surface area (Å²) in [4.78, 5) is 13.3. The van der Waals surface area contributed by atoms with Gasteiger partial charge in [0.1, 0.15) is 11.8 Å². The van der Waals surface area contributed by atoms with E-state index in [0.717, 1.165) is 16.7 Å². The van der Waals surface area contributed by atoms with Crippen LogP contribution in [0.2, 0.25) is 0 Å². The number of rotatable bonds is 4. The van der Waals surface area contributed by atoms with Crippen LogP contribution in [0.1, 0.15) is 16.7 Å². The highest BCUT2D eigenvalue weighted by Crippen LogP contribution is 2.30. The molecule has 0 aliphatic carbocycles. The molecule has 0 aromatic heterocycles. The van der Waals surface area contributed by atoms with Gasteiger partial charge in [0.05, 0.1) is 4.90 Å². The average Bonchev–Trinajstić information content (AvgIpc) is 2.74. The Labute approximate surface area is 175 Å². The number of sulfonamides is 1. The van der Waals surface area contributed by atoms with Crippen LogP contribution in [0, 0.1) is 6.92 Å². The van der Waals surface area contributed by atoms with Gasteiger partial charge in [-0.05, 0) is 60.9 Å². The second kappa shape index (κ2) is 7.93. The molecule has 154 valence electrons. The molecule has 30 heavy (non-hydrogen) atoms. The van der Waals surface area contributed by atoms with Crippen LogP contribution in [0.4, 0.5) is 5.69 Å². The summed E-state index contributed by atoms with van der Waals surface area (Å²) in [6, 6.07) is 19.4. The maximum atomic E-state index is 13.4. The van der Waals surface area contributed by atoms with Gasteiger partial charge in [-0.2, -0.15) is 4.31 Å². The van der Waals surface area contributed by atoms with E-state index in [9.17, 15) is 18.3 Å². The molecule has 0 saturated heterocycles. The fourth-order valence-corrected chi connectivity index (χ4v) is 5.16. The summed E-state index contributed by atoms with van der Waals surface area (Å²) in [5.74, 6) is -0.325. The van der Waals surface area contributed by atoms with Gasteiger partial charge in [-0.15, -0.1) is 0 Å². The highest BCUT2D eigenvalue weighted by molar-refractivity contribution is 7.89. The number of hydrogen-bond donors (Lipinski definition) is 2. The van der Waals surface area contributed by atoms with E-state index in [1.54, 1.807) is 36.4 Å². The number of carbonyl (C=O) groups is 1. The Morgan fingerprint density at radius 2 is 1.60 bits per heavy atom. The number of benzene rings is 3. The number of phenolic OH excluding ortho intramolecular Hbond substituents is 1. The largest absolute Gasteiger partial charge is 0.508 e. The van der Waals surface area contributed by atoms with Gasteiger partial charge in [0.15, 0.2) is 0 Å². The Hall–Kier alpha value is -3.16. The van der Waals surface area contributed by atoms with Crippen LogP contribution in [0.15, 0.2) is 77.7 Å². The van der Waals surface area contributed by atoms with Crippen LogP contribution in [-0.4, -0.2) is 29.8 Å². The topological polar surface area (TPSA) is 86.7 Å². The smallest absolute Gasteiger partial charge is 0.244 e. The number of hydrogen-bond acceptors (Lipinski definition) is 4. The predicted molar refractivity (Wildman–Crippen MR) is 115 cm³/mol. The maximum Gasteiger partial charge on any atom is 0.244 e. The number of amides is 1. The van der Waals surface area contributed by atoms with Crippen molar-refractivity contribution in [2.24, 2.45) is 0 Å². The van der Waals surface area contributed by atoms with Crippen molar-refractivity contribution in [3.8, 4) is 5.75 Å². The number of aryl methyl sites for hydroxylation is 1. The Morgan fingerprint density at radius 3 is 2.27 bits per heavy atom. The van der Waals surface area contributed by atoms with Crippen molar-refractivity contribution in [3.63, 3.8) is 0 Å². The van der Waals surface area contributed by atoms with E-state index >= 15 is 0 Å². The first-order chi connectivity index (χ1) is 14.3. The summed E-state index contributed by atoms with van der Waals surface area (Å²) in [5.41, 5.74) is 3.30. The van der Waals surface area contributed by atoms with E-state index in [-0.39, 0.29) is 23.6 Å². The molecule has 0 spiro atoms. The predicted octanol–water partition coefficient (Wildman–Crippen LogP) is 3.45. The minimum absolute atomic E-state index is 0.0863. The number of carbonyl (C=O) groups excluding carboxylic acids is 1. The van der Waals surface area contributed by atoms with E-state index < -0.39 is 22.0 Å². The molecule has 1 amide bonds. The number of nitrogens with zero attached hydrogens (tertiary/aromatic N) is 1. The fourth-order valence-electron chi connectivity index (χ4n) is 3.59. The quantitative estimate of drug-likeness (QED) is 0.631. The van der Waals surface area contributed by atoms with Crippen molar-refractivity contribution < 1.29 is 18.3 Å². The van der Waals surface area contributed by atoms with Crippen LogP contribution in [0.5, 0.6) is 5.75 Å². The lowest BCUT2D eigenvalue weighted by molar-refractivity contribution is -0.120. The molecule has 2 N–H and O–H groups in total. The minimum atomic E-state index is -3.88. The molecule has 0 bridgehead atoms. The summed E-state index contributed by atoms with van der Waals surface area (Å²) in [6.07, 6.45) is 0.283. The first-order valence-corrected chi connectivity index (χ1v) is 11.0. The minimum Gasteiger partial charge on any atom is -0.508 e. The normalized spacial score (nSPS) is 16.6. The third kappa shape index (κ3) is 3.94. The van der Waals surface area contributed by atoms with Crippen LogP contribution in [0.25, 0.3) is 0 Å². The molecule has 1 aliphatic heterocycles. The van der Waals surface area contributed by atoms with E-state index in [2.05, 4.69) is 5.32 Å². The first-order valence-electron chi connectivity index (χ1n) is 9.60. The third-order valence-electron chi connectivity index (χ3n) is 5.27. The van der Waals surface area contributed by atoms with Crippen molar-refractivity contribution >= 4 is 21.6 Å². The molecule has 1 heterocycles. The van der Waals surface area contributed by atoms with Gasteiger partial charge in [-0.3, -0.25) is 4.79 Å². The molecule has 1 atom stereocenters. The van der Waals surface area contributed by atoms with Crippen LogP contribution >= 0.6 is 0 Å². The molecule has 6 nitrogen and oxygen atoms in total. The van der Waals surface area contributed by atoms with Gasteiger partial charge >= 0.3 is 0 Å². The maximum absolute atomic E-state index is 13.4.